The molecule has 6 aromatic heterocycles. The van der Waals surface area contributed by atoms with E-state index >= 15 is 0 Å². The minimum atomic E-state index is -2.23. The Balaban J connectivity index is 0.000000106. The van der Waals surface area contributed by atoms with Crippen molar-refractivity contribution in [2.45, 2.75) is 0 Å². The molecule has 24 aromatic rings. The Morgan fingerprint density at radius 1 is 0.205 bits per heavy atom. The van der Waals surface area contributed by atoms with Crippen molar-refractivity contribution >= 4 is 254 Å². The minimum absolute atomic E-state index is 0.995. The number of fused-ring (bicyclic) bond motifs is 30. The first kappa shape index (κ1) is 71.3. The van der Waals surface area contributed by atoms with Crippen molar-refractivity contribution in [3.8, 4) is 0 Å². The molecule has 0 N–H and O–H groups in total. The van der Waals surface area contributed by atoms with Gasteiger partial charge in [0.25, 0.3) is 0 Å². The van der Waals surface area contributed by atoms with Gasteiger partial charge in [0.05, 0.1) is 16.6 Å². The molecule has 18 aromatic carbocycles. The molecular weight excluding hydrogens is 1630 g/mol. The van der Waals surface area contributed by atoms with Crippen LogP contribution >= 0.6 is 17.1 Å². The van der Waals surface area contributed by atoms with Crippen molar-refractivity contribution in [3.05, 3.63) is 419 Å². The monoisotopic (exact) mass is 1700 g/mol. The summed E-state index contributed by atoms with van der Waals surface area (Å²) in [5.41, 5.74) is 9.04. The average molecular weight is 1700 g/mol. The summed E-state index contributed by atoms with van der Waals surface area (Å²) in [6.07, 6.45) is 0. The maximum atomic E-state index is 6.64. The van der Waals surface area contributed by atoms with Crippen LogP contribution in [0.1, 0.15) is 0 Å². The first-order chi connectivity index (χ1) is 57.7. The number of hydrogen-bond donors (Lipinski definition) is 0. The standard InChI is InChI=1S/C35H23N2PS.2C35H23N2PSe/c39-38(25-11-3-1-4-12-25,26-13-5-2-6-14-26)27-20-22-28-24(23-27)19-21-30-34(28)29-15-7-9-17-32(29)37-33-18-10-8-16-31(33)36-35(30)37;39-38(24-12-3-1-4-13-24,25-14-5-2-6-15-25)33-21-11-17-27-26(33)22-23-29-34(27)28-16-7-9-19-31(28)37-32-20-10-8-18-30(32)36-35(29)37;39-38(25-11-3-1-4-12-25,26-13-5-2-6-14-26)27-20-22-28-24(23-27)19-21-30-34(28)29-15-7-9-17-32(29)37-33-18-10-8-16-31(33)36-35(30)37/h3*1-23H. The van der Waals surface area contributed by atoms with Gasteiger partial charge in [0, 0.05) is 22.2 Å². The molecule has 0 radical (unpaired) electrons. The van der Waals surface area contributed by atoms with E-state index in [2.05, 4.69) is 462 Å². The molecule has 0 amide bonds. The molecule has 12 heteroatoms. The molecule has 0 unspecified atom stereocenters. The van der Waals surface area contributed by atoms with Crippen molar-refractivity contribution < 1.29 is 0 Å². The second-order valence-corrected chi connectivity index (χ2v) is 46.6. The van der Waals surface area contributed by atoms with E-state index in [1.807, 2.05) is 0 Å². The number of aromatic nitrogens is 6. The molecule has 0 aliphatic carbocycles. The van der Waals surface area contributed by atoms with Gasteiger partial charge in [0.15, 0.2) is 0 Å². The molecule has 117 heavy (non-hydrogen) atoms. The van der Waals surface area contributed by atoms with Gasteiger partial charge in [0.2, 0.25) is 0 Å². The molecule has 0 spiro atoms. The van der Waals surface area contributed by atoms with E-state index in [0.717, 1.165) is 55.4 Å². The number of para-hydroxylation sites is 9. The summed E-state index contributed by atoms with van der Waals surface area (Å²) >= 11 is 14.1. The van der Waals surface area contributed by atoms with Gasteiger partial charge < -0.3 is 0 Å². The van der Waals surface area contributed by atoms with Crippen LogP contribution in [0, 0.1) is 0 Å². The van der Waals surface area contributed by atoms with Crippen LogP contribution < -0.4 is 47.7 Å². The van der Waals surface area contributed by atoms with Crippen LogP contribution in [-0.2, 0) is 11.8 Å². The molecular formula is C105H69N6P3SSe2. The van der Waals surface area contributed by atoms with Gasteiger partial charge in [-0.05, 0) is 57.0 Å². The van der Waals surface area contributed by atoms with Crippen molar-refractivity contribution in [1.29, 1.82) is 0 Å². The fraction of sp³-hybridized carbons (Fsp3) is 0. The number of imidazole rings is 3. The maximum absolute atomic E-state index is 6.64. The number of nitrogens with zero attached hydrogens (tertiary/aromatic N) is 6. The summed E-state index contributed by atoms with van der Waals surface area (Å²) in [5.74, 6) is 0. The fourth-order valence-electron chi connectivity index (χ4n) is 18.2. The third-order valence-electron chi connectivity index (χ3n) is 23.5. The molecule has 552 valence electrons. The van der Waals surface area contributed by atoms with E-state index in [1.165, 1.54) is 140 Å². The SMILES string of the molecule is S=P(c1ccccc1)(c1ccccc1)c1ccc2c(ccc3c2c2ccccc2n2c4ccccc4nc32)c1.[Se]=P(c1ccccc1)(c1ccccc1)c1ccc2c(ccc3c2c2ccccc2n2c4ccccc4nc32)c1.[Se]=P(c1ccccc1)(c1ccccc1)c1cccc2c1ccc1c2c2ccccc2n2c3ccccc3nc12. The third-order valence-corrected chi connectivity index (χ3v) is 42.5. The van der Waals surface area contributed by atoms with Crippen molar-refractivity contribution in [2.75, 3.05) is 0 Å². The van der Waals surface area contributed by atoms with Crippen LogP contribution in [0.2, 0.25) is 0 Å². The first-order valence-electron chi connectivity index (χ1n) is 39.3. The van der Waals surface area contributed by atoms with Gasteiger partial charge in [-0.3, -0.25) is 4.40 Å². The summed E-state index contributed by atoms with van der Waals surface area (Å²) in [7, 11) is 0. The van der Waals surface area contributed by atoms with E-state index in [9.17, 15) is 0 Å². The summed E-state index contributed by atoms with van der Waals surface area (Å²) in [4.78, 5) is 15.3. The number of hydrogen-bond acceptors (Lipinski definition) is 4. The molecule has 0 saturated carbocycles. The van der Waals surface area contributed by atoms with E-state index in [4.69, 9.17) is 26.8 Å². The third kappa shape index (κ3) is 11.4. The number of rotatable bonds is 9. The van der Waals surface area contributed by atoms with E-state index in [0.29, 0.717) is 0 Å². The zero-order chi connectivity index (χ0) is 77.9. The number of benzene rings is 18. The Bertz CT molecular complexity index is 7850. The Hall–Kier alpha value is -12.3. The van der Waals surface area contributed by atoms with Gasteiger partial charge >= 0.3 is 469 Å². The molecule has 0 aliphatic heterocycles. The van der Waals surface area contributed by atoms with Crippen LogP contribution in [0.3, 0.4) is 0 Å². The zero-order valence-corrected chi connectivity index (χ0v) is 70.0. The van der Waals surface area contributed by atoms with Crippen LogP contribution in [0.25, 0.3) is 147 Å². The number of pyridine rings is 3. The molecule has 0 atom stereocenters. The van der Waals surface area contributed by atoms with Gasteiger partial charge in [-0.1, -0.05) is 121 Å². The van der Waals surface area contributed by atoms with Crippen LogP contribution in [0.4, 0.5) is 0 Å². The molecule has 6 heterocycles. The van der Waals surface area contributed by atoms with Crippen molar-refractivity contribution in [2.24, 2.45) is 0 Å². The zero-order valence-electron chi connectivity index (χ0n) is 63.1. The predicted molar refractivity (Wildman–Crippen MR) is 511 cm³/mol. The van der Waals surface area contributed by atoms with Gasteiger partial charge in [-0.2, -0.15) is 0 Å². The molecule has 0 aliphatic rings. The van der Waals surface area contributed by atoms with Crippen LogP contribution in [-0.4, -0.2) is 58.4 Å². The van der Waals surface area contributed by atoms with E-state index < -0.39 is 17.1 Å². The Morgan fingerprint density at radius 2 is 0.487 bits per heavy atom. The summed E-state index contributed by atoms with van der Waals surface area (Å²) in [6.45, 7) is 0. The quantitative estimate of drug-likeness (QED) is 0.0821. The fourth-order valence-corrected chi connectivity index (χ4v) is 32.3. The second-order valence-electron chi connectivity index (χ2n) is 29.8. The Morgan fingerprint density at radius 3 is 0.880 bits per heavy atom. The van der Waals surface area contributed by atoms with Crippen molar-refractivity contribution in [1.82, 2.24) is 28.2 Å². The van der Waals surface area contributed by atoms with Crippen molar-refractivity contribution in [3.63, 3.8) is 0 Å². The molecule has 6 nitrogen and oxygen atoms in total. The second kappa shape index (κ2) is 28.9. The molecule has 24 rings (SSSR count). The summed E-state index contributed by atoms with van der Waals surface area (Å²) < 4.78 is 6.94. The Labute approximate surface area is 695 Å². The molecule has 0 bridgehead atoms. The van der Waals surface area contributed by atoms with Gasteiger partial charge in [-0.15, -0.1) is 0 Å². The van der Waals surface area contributed by atoms with Gasteiger partial charge in [-0.25, -0.2) is 4.98 Å². The van der Waals surface area contributed by atoms with Gasteiger partial charge in [0.1, 0.15) is 5.65 Å². The average Bonchev–Trinajstić information content (AvgIpc) is 1.63. The van der Waals surface area contributed by atoms with Crippen LogP contribution in [0.5, 0.6) is 0 Å². The summed E-state index contributed by atoms with van der Waals surface area (Å²) in [5, 5.41) is 30.2. The molecule has 0 saturated heterocycles. The first-order valence-corrected chi connectivity index (χ1v) is 50.1. The summed E-state index contributed by atoms with van der Waals surface area (Å²) in [6, 6.07) is 149. The van der Waals surface area contributed by atoms with E-state index in [1.54, 1.807) is 0 Å². The van der Waals surface area contributed by atoms with E-state index in [-0.39, 0.29) is 0 Å². The molecule has 0 fully saturated rings. The van der Waals surface area contributed by atoms with Crippen LogP contribution in [0.15, 0.2) is 419 Å². The Kier molecular flexibility index (Phi) is 17.6. The topological polar surface area (TPSA) is 51.9 Å². The normalized spacial score (nSPS) is 12.2. The predicted octanol–water partition coefficient (Wildman–Crippen LogP) is 22.4.